The number of rotatable bonds is 1. The highest BCUT2D eigenvalue weighted by Crippen LogP contribution is 2.42. The first-order chi connectivity index (χ1) is 10.1. The Morgan fingerprint density at radius 2 is 2.19 bits per heavy atom. The lowest BCUT2D eigenvalue weighted by atomic mass is 10.1. The van der Waals surface area contributed by atoms with Gasteiger partial charge in [0.05, 0.1) is 41.1 Å². The highest BCUT2D eigenvalue weighted by molar-refractivity contribution is 9.10. The molecule has 0 fully saturated rings. The van der Waals surface area contributed by atoms with Gasteiger partial charge in [-0.15, -0.1) is 0 Å². The van der Waals surface area contributed by atoms with Gasteiger partial charge in [0.15, 0.2) is 0 Å². The monoisotopic (exact) mass is 343 g/mol. The van der Waals surface area contributed by atoms with Crippen molar-refractivity contribution in [2.45, 2.75) is 6.92 Å². The second-order valence-corrected chi connectivity index (χ2v) is 6.13. The van der Waals surface area contributed by atoms with Crippen molar-refractivity contribution in [3.8, 4) is 0 Å². The molecule has 3 aromatic rings. The zero-order valence-corrected chi connectivity index (χ0v) is 13.3. The molecule has 1 aliphatic heterocycles. The molecule has 0 unspecified atom stereocenters. The summed E-state index contributed by atoms with van der Waals surface area (Å²) in [5.41, 5.74) is 5.36. The summed E-state index contributed by atoms with van der Waals surface area (Å²) in [4.78, 5) is 6.78. The van der Waals surface area contributed by atoms with Crippen LogP contribution in [0.2, 0.25) is 0 Å². The van der Waals surface area contributed by atoms with Crippen LogP contribution in [0.25, 0.3) is 10.9 Å². The summed E-state index contributed by atoms with van der Waals surface area (Å²) in [6.07, 6.45) is 3.95. The summed E-state index contributed by atoms with van der Waals surface area (Å²) in [6.45, 7) is 2.77. The van der Waals surface area contributed by atoms with E-state index < -0.39 is 0 Å². The van der Waals surface area contributed by atoms with E-state index in [4.69, 9.17) is 0 Å². The highest BCUT2D eigenvalue weighted by atomic mass is 79.9. The van der Waals surface area contributed by atoms with Gasteiger partial charge < -0.3 is 10.2 Å². The van der Waals surface area contributed by atoms with Crippen molar-refractivity contribution < 1.29 is 0 Å². The Kier molecular flexibility index (Phi) is 2.68. The Morgan fingerprint density at radius 1 is 1.33 bits per heavy atom. The Balaban J connectivity index is 1.98. The van der Waals surface area contributed by atoms with Crippen LogP contribution in [0.5, 0.6) is 0 Å². The average molecular weight is 344 g/mol. The summed E-state index contributed by atoms with van der Waals surface area (Å²) >= 11 is 3.55. The summed E-state index contributed by atoms with van der Waals surface area (Å²) in [7, 11) is 1.95. The van der Waals surface area contributed by atoms with Gasteiger partial charge in [0.2, 0.25) is 0 Å². The molecule has 0 bridgehead atoms. The first-order valence-electron chi connectivity index (χ1n) is 6.73. The fourth-order valence-corrected chi connectivity index (χ4v) is 3.23. The van der Waals surface area contributed by atoms with E-state index in [0.29, 0.717) is 0 Å². The third-order valence-corrected chi connectivity index (χ3v) is 4.27. The molecule has 4 rings (SSSR count). The van der Waals surface area contributed by atoms with Crippen LogP contribution in [0.4, 0.5) is 17.1 Å². The normalized spacial score (nSPS) is 13.6. The number of halogens is 1. The van der Waals surface area contributed by atoms with Crippen molar-refractivity contribution >= 4 is 43.9 Å². The van der Waals surface area contributed by atoms with Crippen LogP contribution < -0.4 is 10.2 Å². The number of nitrogens with one attached hydrogen (secondary N) is 1. The van der Waals surface area contributed by atoms with Gasteiger partial charge in [-0.05, 0) is 25.1 Å². The van der Waals surface area contributed by atoms with Gasteiger partial charge in [0.25, 0.3) is 0 Å². The number of hydrogen-bond acceptors (Lipinski definition) is 4. The van der Waals surface area contributed by atoms with Gasteiger partial charge in [-0.25, -0.2) is 0 Å². The van der Waals surface area contributed by atoms with E-state index >= 15 is 0 Å². The highest BCUT2D eigenvalue weighted by Gasteiger charge is 2.25. The Bertz CT molecular complexity index is 855. The van der Waals surface area contributed by atoms with Crippen molar-refractivity contribution in [1.29, 1.82) is 0 Å². The smallest absolute Gasteiger partial charge is 0.0928 e. The molecule has 1 N–H and O–H groups in total. The first-order valence-corrected chi connectivity index (χ1v) is 7.53. The SMILES string of the molecule is Cc1nn(C)cc1N1CNc2cnc3ccc(Br)cc3c21. The maximum atomic E-state index is 4.52. The lowest BCUT2D eigenvalue weighted by Gasteiger charge is -2.18. The van der Waals surface area contributed by atoms with E-state index in [0.717, 1.165) is 44.8 Å². The molecule has 1 aromatic carbocycles. The molecule has 0 saturated carbocycles. The van der Waals surface area contributed by atoms with Crippen LogP contribution in [0.3, 0.4) is 0 Å². The van der Waals surface area contributed by atoms with Crippen molar-refractivity contribution in [2.75, 3.05) is 16.9 Å². The molecule has 6 heteroatoms. The third-order valence-electron chi connectivity index (χ3n) is 3.78. The zero-order valence-electron chi connectivity index (χ0n) is 11.8. The number of hydrogen-bond donors (Lipinski definition) is 1. The fourth-order valence-electron chi connectivity index (χ4n) is 2.87. The van der Waals surface area contributed by atoms with Crippen LogP contribution >= 0.6 is 15.9 Å². The molecular weight excluding hydrogens is 330 g/mol. The molecule has 0 amide bonds. The summed E-state index contributed by atoms with van der Waals surface area (Å²) in [6, 6.07) is 6.17. The van der Waals surface area contributed by atoms with E-state index in [1.807, 2.05) is 37.0 Å². The largest absolute Gasteiger partial charge is 0.364 e. The van der Waals surface area contributed by atoms with Gasteiger partial charge in [0.1, 0.15) is 0 Å². The number of aryl methyl sites for hydroxylation is 2. The molecule has 106 valence electrons. The molecule has 0 spiro atoms. The molecular formula is C15H14BrN5. The second kappa shape index (κ2) is 4.46. The maximum Gasteiger partial charge on any atom is 0.0928 e. The van der Waals surface area contributed by atoms with Crippen molar-refractivity contribution in [3.05, 3.63) is 40.8 Å². The molecule has 2 aromatic heterocycles. The van der Waals surface area contributed by atoms with E-state index in [2.05, 4.69) is 48.5 Å². The molecule has 0 saturated heterocycles. The maximum absolute atomic E-state index is 4.52. The predicted octanol–water partition coefficient (Wildman–Crippen LogP) is 3.56. The number of anilines is 3. The lowest BCUT2D eigenvalue weighted by Crippen LogP contribution is -2.17. The van der Waals surface area contributed by atoms with Crippen LogP contribution in [0.1, 0.15) is 5.69 Å². The average Bonchev–Trinajstić information content (AvgIpc) is 3.01. The van der Waals surface area contributed by atoms with Gasteiger partial charge in [-0.3, -0.25) is 9.67 Å². The standard InChI is InChI=1S/C15H14BrN5/c1-9-14(7-20(2)19-9)21-8-18-13-6-17-12-4-3-10(16)5-11(12)15(13)21/h3-7,18H,8H2,1-2H3. The molecule has 21 heavy (non-hydrogen) atoms. The van der Waals surface area contributed by atoms with E-state index in [1.54, 1.807) is 0 Å². The Labute approximate surface area is 130 Å². The number of nitrogens with zero attached hydrogens (tertiary/aromatic N) is 4. The van der Waals surface area contributed by atoms with Crippen LogP contribution in [-0.4, -0.2) is 21.4 Å². The Morgan fingerprint density at radius 3 is 2.95 bits per heavy atom. The molecule has 5 nitrogen and oxygen atoms in total. The van der Waals surface area contributed by atoms with Crippen LogP contribution in [0, 0.1) is 6.92 Å². The van der Waals surface area contributed by atoms with E-state index in [-0.39, 0.29) is 0 Å². The topological polar surface area (TPSA) is 46.0 Å². The molecule has 0 atom stereocenters. The third kappa shape index (κ3) is 1.90. The minimum absolute atomic E-state index is 0.731. The van der Waals surface area contributed by atoms with E-state index in [9.17, 15) is 0 Å². The molecule has 0 radical (unpaired) electrons. The van der Waals surface area contributed by atoms with Crippen LogP contribution in [-0.2, 0) is 7.05 Å². The second-order valence-electron chi connectivity index (χ2n) is 5.22. The lowest BCUT2D eigenvalue weighted by molar-refractivity contribution is 0.756. The number of benzene rings is 1. The number of pyridine rings is 1. The van der Waals surface area contributed by atoms with Crippen molar-refractivity contribution in [1.82, 2.24) is 14.8 Å². The van der Waals surface area contributed by atoms with Crippen molar-refractivity contribution in [3.63, 3.8) is 0 Å². The Hall–Kier alpha value is -2.08. The predicted molar refractivity (Wildman–Crippen MR) is 88.0 cm³/mol. The summed E-state index contributed by atoms with van der Waals surface area (Å²) in [5, 5.41) is 8.99. The summed E-state index contributed by atoms with van der Waals surface area (Å²) in [5.74, 6) is 0. The summed E-state index contributed by atoms with van der Waals surface area (Å²) < 4.78 is 2.90. The quantitative estimate of drug-likeness (QED) is 0.733. The van der Waals surface area contributed by atoms with Gasteiger partial charge >= 0.3 is 0 Å². The number of fused-ring (bicyclic) bond motifs is 3. The molecule has 0 aliphatic carbocycles. The van der Waals surface area contributed by atoms with Crippen LogP contribution in [0.15, 0.2) is 35.1 Å². The van der Waals surface area contributed by atoms with Gasteiger partial charge in [0, 0.05) is 23.1 Å². The van der Waals surface area contributed by atoms with Gasteiger partial charge in [-0.1, -0.05) is 15.9 Å². The molecule has 1 aliphatic rings. The number of aromatic nitrogens is 3. The fraction of sp³-hybridized carbons (Fsp3) is 0.200. The molecule has 3 heterocycles. The van der Waals surface area contributed by atoms with Gasteiger partial charge in [-0.2, -0.15) is 5.10 Å². The van der Waals surface area contributed by atoms with E-state index in [1.165, 1.54) is 0 Å². The minimum atomic E-state index is 0.731. The zero-order chi connectivity index (χ0) is 14.6. The first kappa shape index (κ1) is 12.6. The minimum Gasteiger partial charge on any atom is -0.364 e. The van der Waals surface area contributed by atoms with Crippen molar-refractivity contribution in [2.24, 2.45) is 7.05 Å².